The van der Waals surface area contributed by atoms with Gasteiger partial charge in [-0.3, -0.25) is 4.79 Å². The first kappa shape index (κ1) is 8.20. The summed E-state index contributed by atoms with van der Waals surface area (Å²) in [7, 11) is 0. The maximum Gasteiger partial charge on any atom is 0.136 e. The topological polar surface area (TPSA) is 49.3 Å². The van der Waals surface area contributed by atoms with Gasteiger partial charge >= 0.3 is 0 Å². The molecule has 68 valence electrons. The van der Waals surface area contributed by atoms with Crippen LogP contribution < -0.4 is 5.32 Å². The third kappa shape index (κ3) is 1.00. The van der Waals surface area contributed by atoms with Crippen molar-refractivity contribution < 1.29 is 9.90 Å². The fraction of sp³-hybridized carbons (Fsp3) is 0.889. The van der Waals surface area contributed by atoms with E-state index in [9.17, 15) is 4.79 Å². The van der Waals surface area contributed by atoms with Gasteiger partial charge in [0.25, 0.3) is 0 Å². The Labute approximate surface area is 72.2 Å². The molecule has 0 aromatic rings. The summed E-state index contributed by atoms with van der Waals surface area (Å²) in [5.41, 5.74) is 0. The van der Waals surface area contributed by atoms with E-state index in [1.807, 2.05) is 6.92 Å². The van der Waals surface area contributed by atoms with Crippen molar-refractivity contribution in [3.63, 3.8) is 0 Å². The number of aliphatic hydroxyl groups is 1. The molecule has 1 aliphatic carbocycles. The third-order valence-electron chi connectivity index (χ3n) is 3.47. The van der Waals surface area contributed by atoms with Crippen LogP contribution >= 0.6 is 0 Å². The van der Waals surface area contributed by atoms with E-state index in [0.29, 0.717) is 24.0 Å². The van der Waals surface area contributed by atoms with Gasteiger partial charge in [-0.05, 0) is 18.4 Å². The summed E-state index contributed by atoms with van der Waals surface area (Å²) < 4.78 is 0. The lowest BCUT2D eigenvalue weighted by atomic mass is 9.90. The van der Waals surface area contributed by atoms with Crippen molar-refractivity contribution in [2.45, 2.75) is 19.4 Å². The molecule has 2 aliphatic rings. The van der Waals surface area contributed by atoms with Crippen LogP contribution in [-0.4, -0.2) is 30.1 Å². The van der Waals surface area contributed by atoms with Crippen LogP contribution in [0.1, 0.15) is 13.3 Å². The minimum absolute atomic E-state index is 0.168. The van der Waals surface area contributed by atoms with Crippen LogP contribution in [0.15, 0.2) is 0 Å². The Hall–Kier alpha value is -0.410. The van der Waals surface area contributed by atoms with Gasteiger partial charge in [-0.25, -0.2) is 0 Å². The van der Waals surface area contributed by atoms with E-state index in [-0.39, 0.29) is 18.6 Å². The molecule has 1 saturated carbocycles. The van der Waals surface area contributed by atoms with Gasteiger partial charge in [0.1, 0.15) is 5.78 Å². The van der Waals surface area contributed by atoms with E-state index >= 15 is 0 Å². The average molecular weight is 169 g/mol. The number of rotatable bonds is 1. The number of fused-ring (bicyclic) bond motifs is 1. The molecule has 0 bridgehead atoms. The number of aliphatic hydroxyl groups excluding tert-OH is 1. The number of nitrogens with one attached hydrogen (secondary N) is 1. The predicted octanol–water partition coefficient (Wildman–Crippen LogP) is -0.208. The number of Topliss-reactive ketones (excluding diaryl/α,β-unsaturated/α-hetero) is 1. The quantitative estimate of drug-likeness (QED) is 0.571. The second-order valence-corrected chi connectivity index (χ2v) is 3.98. The van der Waals surface area contributed by atoms with Gasteiger partial charge in [0.15, 0.2) is 0 Å². The molecule has 0 radical (unpaired) electrons. The third-order valence-corrected chi connectivity index (χ3v) is 3.47. The van der Waals surface area contributed by atoms with E-state index in [2.05, 4.69) is 5.32 Å². The second kappa shape index (κ2) is 2.82. The van der Waals surface area contributed by atoms with Crippen LogP contribution in [0.25, 0.3) is 0 Å². The van der Waals surface area contributed by atoms with Crippen molar-refractivity contribution in [3.8, 4) is 0 Å². The fourth-order valence-electron chi connectivity index (χ4n) is 2.59. The van der Waals surface area contributed by atoms with Crippen molar-refractivity contribution in [2.75, 3.05) is 13.2 Å². The molecule has 0 spiro atoms. The molecule has 3 heteroatoms. The number of hydrogen-bond acceptors (Lipinski definition) is 3. The first-order valence-corrected chi connectivity index (χ1v) is 4.61. The molecule has 0 unspecified atom stereocenters. The second-order valence-electron chi connectivity index (χ2n) is 3.98. The molecule has 0 amide bonds. The van der Waals surface area contributed by atoms with Crippen LogP contribution in [0.2, 0.25) is 0 Å². The molecule has 2 fully saturated rings. The first-order valence-electron chi connectivity index (χ1n) is 4.61. The van der Waals surface area contributed by atoms with Gasteiger partial charge in [-0.15, -0.1) is 0 Å². The largest absolute Gasteiger partial charge is 0.395 e. The van der Waals surface area contributed by atoms with E-state index in [1.165, 1.54) is 0 Å². The molecule has 0 aromatic heterocycles. The molecule has 3 nitrogen and oxygen atoms in total. The standard InChI is InChI=1S/C9H15NO2/c1-5-7-3-10-8(4-11)6(7)2-9(5)12/h5-8,10-11H,2-4H2,1H3/t5-,6+,7-,8-/m1/s1. The fourth-order valence-corrected chi connectivity index (χ4v) is 2.59. The highest BCUT2D eigenvalue weighted by Gasteiger charge is 2.46. The van der Waals surface area contributed by atoms with E-state index in [0.717, 1.165) is 6.54 Å². The highest BCUT2D eigenvalue weighted by Crippen LogP contribution is 2.39. The van der Waals surface area contributed by atoms with Gasteiger partial charge in [-0.2, -0.15) is 0 Å². The Balaban J connectivity index is 2.13. The molecule has 12 heavy (non-hydrogen) atoms. The van der Waals surface area contributed by atoms with E-state index in [4.69, 9.17) is 5.11 Å². The molecule has 1 aliphatic heterocycles. The lowest BCUT2D eigenvalue weighted by Gasteiger charge is -2.14. The summed E-state index contributed by atoms with van der Waals surface area (Å²) in [6.45, 7) is 3.08. The Morgan fingerprint density at radius 3 is 3.00 bits per heavy atom. The normalized spacial score (nSPS) is 46.7. The molecule has 4 atom stereocenters. The Bertz CT molecular complexity index is 205. The minimum Gasteiger partial charge on any atom is -0.395 e. The average Bonchev–Trinajstić information content (AvgIpc) is 2.55. The van der Waals surface area contributed by atoms with Gasteiger partial charge in [0.05, 0.1) is 6.61 Å². The first-order chi connectivity index (χ1) is 5.74. The van der Waals surface area contributed by atoms with Crippen molar-refractivity contribution in [2.24, 2.45) is 17.8 Å². The van der Waals surface area contributed by atoms with Crippen molar-refractivity contribution >= 4 is 5.78 Å². The lowest BCUT2D eigenvalue weighted by Crippen LogP contribution is -2.31. The number of carbonyl (C=O) groups is 1. The number of ketones is 1. The summed E-state index contributed by atoms with van der Waals surface area (Å²) in [6.07, 6.45) is 0.671. The van der Waals surface area contributed by atoms with Crippen LogP contribution in [0, 0.1) is 17.8 Å². The highest BCUT2D eigenvalue weighted by atomic mass is 16.3. The summed E-state index contributed by atoms with van der Waals surface area (Å²) in [5.74, 6) is 1.47. The smallest absolute Gasteiger partial charge is 0.136 e. The monoisotopic (exact) mass is 169 g/mol. The Kier molecular flexibility index (Phi) is 1.93. The molecule has 2 rings (SSSR count). The van der Waals surface area contributed by atoms with Crippen LogP contribution in [0.3, 0.4) is 0 Å². The predicted molar refractivity (Wildman–Crippen MR) is 44.6 cm³/mol. The molecule has 0 aromatic carbocycles. The Morgan fingerprint density at radius 1 is 1.58 bits per heavy atom. The zero-order valence-corrected chi connectivity index (χ0v) is 7.29. The molecular weight excluding hydrogens is 154 g/mol. The summed E-state index contributed by atoms with van der Waals surface area (Å²) in [5, 5.41) is 12.3. The summed E-state index contributed by atoms with van der Waals surface area (Å²) in [6, 6.07) is 0.170. The van der Waals surface area contributed by atoms with Crippen molar-refractivity contribution in [3.05, 3.63) is 0 Å². The highest BCUT2D eigenvalue weighted by molar-refractivity contribution is 5.83. The molecule has 2 N–H and O–H groups in total. The Morgan fingerprint density at radius 2 is 2.33 bits per heavy atom. The number of carbonyl (C=O) groups excluding carboxylic acids is 1. The van der Waals surface area contributed by atoms with E-state index < -0.39 is 0 Å². The maximum absolute atomic E-state index is 11.3. The summed E-state index contributed by atoms with van der Waals surface area (Å²) >= 11 is 0. The zero-order chi connectivity index (χ0) is 8.72. The van der Waals surface area contributed by atoms with Gasteiger partial charge in [0.2, 0.25) is 0 Å². The molecule has 1 saturated heterocycles. The van der Waals surface area contributed by atoms with Crippen LogP contribution in [0.5, 0.6) is 0 Å². The zero-order valence-electron chi connectivity index (χ0n) is 7.29. The maximum atomic E-state index is 11.3. The minimum atomic E-state index is 0.168. The van der Waals surface area contributed by atoms with Gasteiger partial charge < -0.3 is 10.4 Å². The van der Waals surface area contributed by atoms with Crippen LogP contribution in [-0.2, 0) is 4.79 Å². The van der Waals surface area contributed by atoms with Crippen LogP contribution in [0.4, 0.5) is 0 Å². The van der Waals surface area contributed by atoms with Gasteiger partial charge in [-0.1, -0.05) is 6.92 Å². The van der Waals surface area contributed by atoms with Crippen molar-refractivity contribution in [1.82, 2.24) is 5.32 Å². The van der Waals surface area contributed by atoms with Gasteiger partial charge in [0, 0.05) is 18.4 Å². The SMILES string of the molecule is C[C@H]1C(=O)C[C@H]2[C@@H]1CN[C@@H]2CO. The van der Waals surface area contributed by atoms with Crippen molar-refractivity contribution in [1.29, 1.82) is 0 Å². The van der Waals surface area contributed by atoms with E-state index in [1.54, 1.807) is 0 Å². The number of hydrogen-bond donors (Lipinski definition) is 2. The lowest BCUT2D eigenvalue weighted by molar-refractivity contribution is -0.120. The summed E-state index contributed by atoms with van der Waals surface area (Å²) in [4.78, 5) is 11.3. The molecule has 1 heterocycles. The molecular formula is C9H15NO2.